The molecule has 2 aromatic carbocycles. The molecule has 0 fully saturated rings. The molecular formula is C25H24N2O3. The Morgan fingerprint density at radius 1 is 0.733 bits per heavy atom. The summed E-state index contributed by atoms with van der Waals surface area (Å²) < 4.78 is 11.0. The number of carbonyl (C=O) groups excluding carboxylic acids is 1. The van der Waals surface area contributed by atoms with Crippen LogP contribution in [0.2, 0.25) is 0 Å². The molecule has 4 rings (SSSR count). The summed E-state index contributed by atoms with van der Waals surface area (Å²) >= 11 is 0. The second-order valence-electron chi connectivity index (χ2n) is 7.13. The van der Waals surface area contributed by atoms with Crippen molar-refractivity contribution in [2.24, 2.45) is 0 Å². The Morgan fingerprint density at radius 2 is 1.23 bits per heavy atom. The molecule has 0 unspecified atom stereocenters. The summed E-state index contributed by atoms with van der Waals surface area (Å²) in [7, 11) is 0. The molecule has 1 amide bonds. The summed E-state index contributed by atoms with van der Waals surface area (Å²) in [6, 6.07) is 27.3. The minimum Gasteiger partial charge on any atom is -0.468 e. The van der Waals surface area contributed by atoms with Crippen LogP contribution in [0.3, 0.4) is 0 Å². The lowest BCUT2D eigenvalue weighted by Crippen LogP contribution is -2.38. The average molecular weight is 400 g/mol. The summed E-state index contributed by atoms with van der Waals surface area (Å²) in [4.78, 5) is 15.1. The Bertz CT molecular complexity index is 937. The third-order valence-electron chi connectivity index (χ3n) is 4.86. The molecule has 0 radical (unpaired) electrons. The predicted octanol–water partition coefficient (Wildman–Crippen LogP) is 4.78. The summed E-state index contributed by atoms with van der Waals surface area (Å²) in [5.41, 5.74) is 2.08. The highest BCUT2D eigenvalue weighted by Gasteiger charge is 2.20. The Morgan fingerprint density at radius 3 is 1.67 bits per heavy atom. The zero-order valence-corrected chi connectivity index (χ0v) is 16.6. The fourth-order valence-electron chi connectivity index (χ4n) is 3.47. The van der Waals surface area contributed by atoms with Crippen molar-refractivity contribution in [1.82, 2.24) is 10.2 Å². The molecule has 2 aromatic heterocycles. The maximum Gasteiger partial charge on any atom is 0.234 e. The van der Waals surface area contributed by atoms with Crippen LogP contribution in [0.15, 0.2) is 106 Å². The Balaban J connectivity index is 1.50. The minimum atomic E-state index is -0.214. The van der Waals surface area contributed by atoms with Crippen LogP contribution in [0.1, 0.15) is 28.7 Å². The van der Waals surface area contributed by atoms with Gasteiger partial charge in [0.1, 0.15) is 11.5 Å². The number of benzene rings is 2. The van der Waals surface area contributed by atoms with Crippen LogP contribution >= 0.6 is 0 Å². The van der Waals surface area contributed by atoms with Crippen molar-refractivity contribution in [3.8, 4) is 0 Å². The van der Waals surface area contributed by atoms with Gasteiger partial charge in [-0.3, -0.25) is 9.69 Å². The summed E-state index contributed by atoms with van der Waals surface area (Å²) in [6.45, 7) is 1.25. The van der Waals surface area contributed by atoms with Crippen molar-refractivity contribution < 1.29 is 13.6 Å². The summed E-state index contributed by atoms with van der Waals surface area (Å²) in [5, 5.41) is 3.20. The molecule has 152 valence electrons. The van der Waals surface area contributed by atoms with Gasteiger partial charge in [0.05, 0.1) is 38.2 Å². The minimum absolute atomic E-state index is 0.0641. The third-order valence-corrected chi connectivity index (χ3v) is 4.86. The van der Waals surface area contributed by atoms with Crippen LogP contribution < -0.4 is 5.32 Å². The Hall–Kier alpha value is -3.57. The van der Waals surface area contributed by atoms with Gasteiger partial charge in [-0.1, -0.05) is 60.7 Å². The molecule has 0 atom stereocenters. The van der Waals surface area contributed by atoms with Crippen molar-refractivity contribution in [2.75, 3.05) is 6.54 Å². The lowest BCUT2D eigenvalue weighted by Gasteiger charge is -2.23. The van der Waals surface area contributed by atoms with Crippen LogP contribution in [0.5, 0.6) is 0 Å². The lowest BCUT2D eigenvalue weighted by molar-refractivity contribution is -0.123. The topological polar surface area (TPSA) is 58.6 Å². The highest BCUT2D eigenvalue weighted by atomic mass is 16.3. The molecular weight excluding hydrogens is 376 g/mol. The van der Waals surface area contributed by atoms with Gasteiger partial charge in [-0.15, -0.1) is 0 Å². The second kappa shape index (κ2) is 9.76. The van der Waals surface area contributed by atoms with Gasteiger partial charge in [-0.05, 0) is 35.4 Å². The standard InChI is InChI=1S/C25H24N2O3/c28-24(19-27(17-22-13-7-15-29-22)18-23-14-8-16-30-23)26-25(20-9-3-1-4-10-20)21-11-5-2-6-12-21/h1-16,25H,17-19H2,(H,26,28). The van der Waals surface area contributed by atoms with Gasteiger partial charge < -0.3 is 14.2 Å². The van der Waals surface area contributed by atoms with E-state index in [-0.39, 0.29) is 18.5 Å². The SMILES string of the molecule is O=C(CN(Cc1ccco1)Cc1ccco1)NC(c1ccccc1)c1ccccc1. The summed E-state index contributed by atoms with van der Waals surface area (Å²) in [6.07, 6.45) is 3.28. The number of rotatable bonds is 9. The van der Waals surface area contributed by atoms with E-state index in [0.717, 1.165) is 22.6 Å². The van der Waals surface area contributed by atoms with Crippen molar-refractivity contribution in [3.63, 3.8) is 0 Å². The molecule has 30 heavy (non-hydrogen) atoms. The van der Waals surface area contributed by atoms with Gasteiger partial charge in [-0.2, -0.15) is 0 Å². The first kappa shape index (κ1) is 19.7. The van der Waals surface area contributed by atoms with E-state index in [1.54, 1.807) is 12.5 Å². The fourth-order valence-corrected chi connectivity index (χ4v) is 3.47. The van der Waals surface area contributed by atoms with E-state index in [0.29, 0.717) is 13.1 Å². The normalized spacial score (nSPS) is 11.1. The highest BCUT2D eigenvalue weighted by molar-refractivity contribution is 5.79. The third kappa shape index (κ3) is 5.27. The molecule has 2 heterocycles. The molecule has 5 nitrogen and oxygen atoms in total. The van der Waals surface area contributed by atoms with E-state index in [4.69, 9.17) is 8.83 Å². The zero-order chi connectivity index (χ0) is 20.6. The van der Waals surface area contributed by atoms with E-state index in [1.807, 2.05) is 89.8 Å². The molecule has 0 saturated carbocycles. The van der Waals surface area contributed by atoms with Crippen LogP contribution in [0, 0.1) is 0 Å². The molecule has 0 aliphatic heterocycles. The van der Waals surface area contributed by atoms with Crippen molar-refractivity contribution in [1.29, 1.82) is 0 Å². The van der Waals surface area contributed by atoms with Gasteiger partial charge in [-0.25, -0.2) is 0 Å². The van der Waals surface area contributed by atoms with E-state index < -0.39 is 0 Å². The zero-order valence-electron chi connectivity index (χ0n) is 16.6. The van der Waals surface area contributed by atoms with Crippen LogP contribution in [0.25, 0.3) is 0 Å². The molecule has 5 heteroatoms. The number of nitrogens with one attached hydrogen (secondary N) is 1. The number of furan rings is 2. The molecule has 0 aliphatic rings. The lowest BCUT2D eigenvalue weighted by atomic mass is 9.99. The number of amides is 1. The van der Waals surface area contributed by atoms with Gasteiger partial charge in [0.25, 0.3) is 0 Å². The van der Waals surface area contributed by atoms with Crippen molar-refractivity contribution in [3.05, 3.63) is 120 Å². The van der Waals surface area contributed by atoms with Crippen LogP contribution in [0.4, 0.5) is 0 Å². The second-order valence-corrected chi connectivity index (χ2v) is 7.13. The van der Waals surface area contributed by atoms with Crippen molar-refractivity contribution >= 4 is 5.91 Å². The predicted molar refractivity (Wildman–Crippen MR) is 114 cm³/mol. The first-order chi connectivity index (χ1) is 14.8. The molecule has 1 N–H and O–H groups in total. The maximum atomic E-state index is 13.1. The number of nitrogens with zero attached hydrogens (tertiary/aromatic N) is 1. The highest BCUT2D eigenvalue weighted by Crippen LogP contribution is 2.22. The first-order valence-corrected chi connectivity index (χ1v) is 9.94. The molecule has 0 bridgehead atoms. The smallest absolute Gasteiger partial charge is 0.234 e. The summed E-state index contributed by atoms with van der Waals surface area (Å²) in [5.74, 6) is 1.54. The first-order valence-electron chi connectivity index (χ1n) is 9.94. The van der Waals surface area contributed by atoms with Gasteiger partial charge in [0, 0.05) is 0 Å². The molecule has 0 spiro atoms. The van der Waals surface area contributed by atoms with E-state index in [2.05, 4.69) is 5.32 Å². The average Bonchev–Trinajstić information content (AvgIpc) is 3.48. The number of hydrogen-bond acceptors (Lipinski definition) is 4. The molecule has 0 saturated heterocycles. The van der Waals surface area contributed by atoms with Gasteiger partial charge >= 0.3 is 0 Å². The van der Waals surface area contributed by atoms with Crippen molar-refractivity contribution in [2.45, 2.75) is 19.1 Å². The van der Waals surface area contributed by atoms with E-state index in [1.165, 1.54) is 0 Å². The monoisotopic (exact) mass is 400 g/mol. The quantitative estimate of drug-likeness (QED) is 0.439. The fraction of sp³-hybridized carbons (Fsp3) is 0.160. The van der Waals surface area contributed by atoms with E-state index in [9.17, 15) is 4.79 Å². The van der Waals surface area contributed by atoms with Gasteiger partial charge in [0.15, 0.2) is 0 Å². The Labute approximate surface area is 175 Å². The number of carbonyl (C=O) groups is 1. The molecule has 0 aliphatic carbocycles. The van der Waals surface area contributed by atoms with Crippen LogP contribution in [-0.4, -0.2) is 17.4 Å². The number of hydrogen-bond donors (Lipinski definition) is 1. The molecule has 4 aromatic rings. The van der Waals surface area contributed by atoms with Gasteiger partial charge in [0.2, 0.25) is 5.91 Å². The van der Waals surface area contributed by atoms with Crippen LogP contribution in [-0.2, 0) is 17.9 Å². The van der Waals surface area contributed by atoms with E-state index >= 15 is 0 Å². The maximum absolute atomic E-state index is 13.1. The largest absolute Gasteiger partial charge is 0.468 e. The Kier molecular flexibility index (Phi) is 6.42.